The molecule has 1 saturated heterocycles. The Labute approximate surface area is 104 Å². The highest BCUT2D eigenvalue weighted by Gasteiger charge is 2.53. The van der Waals surface area contributed by atoms with Crippen LogP contribution in [0.15, 0.2) is 0 Å². The fourth-order valence-corrected chi connectivity index (χ4v) is 3.22. The molecule has 0 spiro atoms. The predicted molar refractivity (Wildman–Crippen MR) is 65.3 cm³/mol. The molecule has 0 aromatic carbocycles. The maximum absolute atomic E-state index is 10.9. The molecule has 1 aliphatic heterocycles. The highest BCUT2D eigenvalue weighted by atomic mass is 16.5. The molecular weight excluding hydrogens is 214 g/mol. The van der Waals surface area contributed by atoms with Crippen molar-refractivity contribution in [3.8, 4) is 6.07 Å². The molecule has 17 heavy (non-hydrogen) atoms. The van der Waals surface area contributed by atoms with Crippen molar-refractivity contribution in [2.24, 2.45) is 10.8 Å². The molecule has 0 aromatic rings. The molecule has 2 fully saturated rings. The van der Waals surface area contributed by atoms with E-state index in [0.717, 1.165) is 25.7 Å². The first-order chi connectivity index (χ1) is 7.93. The Morgan fingerprint density at radius 1 is 1.00 bits per heavy atom. The first-order valence-electron chi connectivity index (χ1n) is 6.65. The Morgan fingerprint density at radius 2 is 1.53 bits per heavy atom. The average Bonchev–Trinajstić information content (AvgIpc) is 2.34. The summed E-state index contributed by atoms with van der Waals surface area (Å²) in [6.45, 7) is 5.71. The number of hydrogen-bond acceptors (Lipinski definition) is 3. The summed E-state index contributed by atoms with van der Waals surface area (Å²) < 4.78 is 5.34. The fraction of sp³-hybridized carbons (Fsp3) is 0.929. The molecule has 1 aliphatic carbocycles. The van der Waals surface area contributed by atoms with Gasteiger partial charge in [-0.3, -0.25) is 0 Å². The van der Waals surface area contributed by atoms with Crippen molar-refractivity contribution in [1.82, 2.24) is 0 Å². The van der Waals surface area contributed by atoms with Crippen molar-refractivity contribution in [3.63, 3.8) is 0 Å². The minimum atomic E-state index is -0.791. The minimum absolute atomic E-state index is 0.314. The lowest BCUT2D eigenvalue weighted by Crippen LogP contribution is -2.53. The van der Waals surface area contributed by atoms with Crippen LogP contribution in [-0.2, 0) is 4.74 Å². The van der Waals surface area contributed by atoms with Crippen molar-refractivity contribution in [1.29, 1.82) is 5.26 Å². The molecule has 96 valence electrons. The first kappa shape index (κ1) is 12.9. The number of rotatable bonds is 1. The van der Waals surface area contributed by atoms with Gasteiger partial charge in [-0.05, 0) is 43.9 Å². The van der Waals surface area contributed by atoms with E-state index in [0.29, 0.717) is 31.5 Å². The number of nitriles is 1. The fourth-order valence-electron chi connectivity index (χ4n) is 3.22. The van der Waals surface area contributed by atoms with E-state index >= 15 is 0 Å². The molecule has 0 radical (unpaired) electrons. The van der Waals surface area contributed by atoms with Gasteiger partial charge in [0.05, 0.1) is 17.1 Å². The molecule has 1 heterocycles. The molecule has 3 heteroatoms. The number of hydrogen-bond donors (Lipinski definition) is 1. The van der Waals surface area contributed by atoms with Gasteiger partial charge >= 0.3 is 0 Å². The Hall–Kier alpha value is -0.590. The lowest BCUT2D eigenvalue weighted by atomic mass is 9.58. The van der Waals surface area contributed by atoms with Gasteiger partial charge < -0.3 is 9.84 Å². The Bertz CT molecular complexity index is 314. The third-order valence-electron chi connectivity index (χ3n) is 4.88. The maximum Gasteiger partial charge on any atom is 0.0903 e. The highest BCUT2D eigenvalue weighted by molar-refractivity contribution is 5.14. The van der Waals surface area contributed by atoms with Crippen LogP contribution in [0.25, 0.3) is 0 Å². The van der Waals surface area contributed by atoms with Gasteiger partial charge in [0.15, 0.2) is 0 Å². The van der Waals surface area contributed by atoms with E-state index in [9.17, 15) is 10.4 Å². The lowest BCUT2D eigenvalue weighted by Gasteiger charge is -2.50. The Balaban J connectivity index is 2.17. The first-order valence-corrected chi connectivity index (χ1v) is 6.65. The molecule has 2 rings (SSSR count). The lowest BCUT2D eigenvalue weighted by molar-refractivity contribution is -0.135. The molecule has 1 saturated carbocycles. The molecule has 0 bridgehead atoms. The van der Waals surface area contributed by atoms with Crippen LogP contribution >= 0.6 is 0 Å². The van der Waals surface area contributed by atoms with E-state index in [1.807, 2.05) is 0 Å². The largest absolute Gasteiger partial charge is 0.388 e. The Kier molecular flexibility index (Phi) is 3.22. The maximum atomic E-state index is 10.9. The van der Waals surface area contributed by atoms with Gasteiger partial charge in [-0.25, -0.2) is 0 Å². The van der Waals surface area contributed by atoms with Gasteiger partial charge in [-0.2, -0.15) is 5.26 Å². The summed E-state index contributed by atoms with van der Waals surface area (Å²) >= 11 is 0. The molecule has 0 amide bonds. The smallest absolute Gasteiger partial charge is 0.0903 e. The molecule has 0 atom stereocenters. The number of ether oxygens (including phenoxy) is 1. The van der Waals surface area contributed by atoms with E-state index in [1.165, 1.54) is 0 Å². The van der Waals surface area contributed by atoms with E-state index in [1.54, 1.807) is 0 Å². The summed E-state index contributed by atoms with van der Waals surface area (Å²) in [5.74, 6) is 0. The van der Waals surface area contributed by atoms with Crippen LogP contribution in [0.5, 0.6) is 0 Å². The molecule has 2 aliphatic rings. The second-order valence-electron chi connectivity index (χ2n) is 6.50. The topological polar surface area (TPSA) is 53.2 Å². The van der Waals surface area contributed by atoms with Gasteiger partial charge in [0, 0.05) is 13.2 Å². The molecule has 0 unspecified atom stereocenters. The van der Waals surface area contributed by atoms with Gasteiger partial charge in [0.1, 0.15) is 0 Å². The van der Waals surface area contributed by atoms with Crippen molar-refractivity contribution < 1.29 is 9.84 Å². The second-order valence-corrected chi connectivity index (χ2v) is 6.50. The molecule has 1 N–H and O–H groups in total. The highest BCUT2D eigenvalue weighted by Crippen LogP contribution is 2.51. The molecule has 0 aromatic heterocycles. The summed E-state index contributed by atoms with van der Waals surface area (Å²) in [6.07, 6.45) is 4.89. The number of aliphatic hydroxyl groups is 1. The monoisotopic (exact) mass is 237 g/mol. The van der Waals surface area contributed by atoms with Crippen LogP contribution in [0, 0.1) is 22.2 Å². The normalized spacial score (nSPS) is 30.5. The van der Waals surface area contributed by atoms with Gasteiger partial charge in [0.25, 0.3) is 0 Å². The zero-order valence-electron chi connectivity index (χ0n) is 11.0. The Morgan fingerprint density at radius 3 is 2.00 bits per heavy atom. The predicted octanol–water partition coefficient (Wildman–Crippen LogP) is 2.64. The molecular formula is C14H23NO2. The van der Waals surface area contributed by atoms with Crippen LogP contribution in [0.4, 0.5) is 0 Å². The van der Waals surface area contributed by atoms with Gasteiger partial charge in [-0.15, -0.1) is 0 Å². The summed E-state index contributed by atoms with van der Waals surface area (Å²) in [5.41, 5.74) is -1.04. The molecule has 3 nitrogen and oxygen atoms in total. The third-order valence-corrected chi connectivity index (χ3v) is 4.88. The minimum Gasteiger partial charge on any atom is -0.388 e. The second kappa shape index (κ2) is 4.26. The van der Waals surface area contributed by atoms with Crippen LogP contribution in [0.2, 0.25) is 0 Å². The van der Waals surface area contributed by atoms with Gasteiger partial charge in [-0.1, -0.05) is 13.8 Å². The SMILES string of the molecule is CC1(C)CCC(O)(C2(C#N)CCOCC2)CC1. The average molecular weight is 237 g/mol. The van der Waals surface area contributed by atoms with E-state index in [2.05, 4.69) is 19.9 Å². The van der Waals surface area contributed by atoms with E-state index < -0.39 is 11.0 Å². The van der Waals surface area contributed by atoms with E-state index in [-0.39, 0.29) is 0 Å². The van der Waals surface area contributed by atoms with Crippen molar-refractivity contribution in [2.75, 3.05) is 13.2 Å². The summed E-state index contributed by atoms with van der Waals surface area (Å²) in [6, 6.07) is 2.42. The van der Waals surface area contributed by atoms with Crippen molar-refractivity contribution >= 4 is 0 Å². The van der Waals surface area contributed by atoms with Crippen LogP contribution in [0.1, 0.15) is 52.4 Å². The van der Waals surface area contributed by atoms with E-state index in [4.69, 9.17) is 4.74 Å². The third kappa shape index (κ3) is 2.21. The summed E-state index contributed by atoms with van der Waals surface area (Å²) in [7, 11) is 0. The zero-order chi connectivity index (χ0) is 12.6. The van der Waals surface area contributed by atoms with Crippen LogP contribution in [-0.4, -0.2) is 23.9 Å². The number of nitrogens with zero attached hydrogens (tertiary/aromatic N) is 1. The van der Waals surface area contributed by atoms with Crippen molar-refractivity contribution in [2.45, 2.75) is 58.0 Å². The standard InChI is InChI=1S/C14H23NO2/c1-12(2)3-5-14(16,6-4-12)13(11-15)7-9-17-10-8-13/h16H,3-10H2,1-2H3. The summed E-state index contributed by atoms with van der Waals surface area (Å²) in [4.78, 5) is 0. The summed E-state index contributed by atoms with van der Waals surface area (Å²) in [5, 5.41) is 20.4. The van der Waals surface area contributed by atoms with Crippen molar-refractivity contribution in [3.05, 3.63) is 0 Å². The van der Waals surface area contributed by atoms with Crippen LogP contribution < -0.4 is 0 Å². The zero-order valence-corrected chi connectivity index (χ0v) is 11.0. The quantitative estimate of drug-likeness (QED) is 0.762. The van der Waals surface area contributed by atoms with Crippen LogP contribution in [0.3, 0.4) is 0 Å². The van der Waals surface area contributed by atoms with Gasteiger partial charge in [0.2, 0.25) is 0 Å².